The highest BCUT2D eigenvalue weighted by Gasteiger charge is 2.42. The second-order valence-corrected chi connectivity index (χ2v) is 1.84. The molecule has 0 radical (unpaired) electrons. The first-order valence-corrected chi connectivity index (χ1v) is 2.55. The van der Waals surface area contributed by atoms with Crippen LogP contribution < -0.4 is 0 Å². The van der Waals surface area contributed by atoms with Gasteiger partial charge >= 0.3 is 16.9 Å². The van der Waals surface area contributed by atoms with Crippen LogP contribution in [0.4, 0.5) is 8.78 Å². The van der Waals surface area contributed by atoms with E-state index in [9.17, 15) is 13.0 Å². The first-order valence-electron chi connectivity index (χ1n) is 1.81. The summed E-state index contributed by atoms with van der Waals surface area (Å²) in [7, 11) is 0. The summed E-state index contributed by atoms with van der Waals surface area (Å²) in [5.74, 6) is 0. The van der Waals surface area contributed by atoms with Crippen molar-refractivity contribution in [3.63, 3.8) is 0 Å². The lowest BCUT2D eigenvalue weighted by atomic mass is 10.5. The van der Waals surface area contributed by atoms with Crippen LogP contribution in [0.3, 0.4) is 0 Å². The SMILES string of the molecule is CCC(F)(F)[S+]=O. The molecule has 0 aromatic heterocycles. The van der Waals surface area contributed by atoms with E-state index in [0.717, 1.165) is 0 Å². The van der Waals surface area contributed by atoms with Crippen molar-refractivity contribution in [2.75, 3.05) is 0 Å². The molecule has 0 amide bonds. The molecule has 0 aromatic rings. The van der Waals surface area contributed by atoms with Crippen molar-refractivity contribution in [3.8, 4) is 0 Å². The fourth-order valence-corrected chi connectivity index (χ4v) is 0.177. The third-order valence-corrected chi connectivity index (χ3v) is 1.07. The molecule has 0 heterocycles. The molecule has 0 N–H and O–H groups in total. The van der Waals surface area contributed by atoms with Crippen LogP contribution in [0.2, 0.25) is 0 Å². The maximum absolute atomic E-state index is 11.5. The summed E-state index contributed by atoms with van der Waals surface area (Å²) >= 11 is -0.656. The summed E-state index contributed by atoms with van der Waals surface area (Å²) in [4.78, 5) is 0. The first kappa shape index (κ1) is 6.88. The highest BCUT2D eigenvalue weighted by molar-refractivity contribution is 7.66. The van der Waals surface area contributed by atoms with Gasteiger partial charge in [-0.15, -0.1) is 8.78 Å². The minimum atomic E-state index is -3.06. The topological polar surface area (TPSA) is 17.1 Å². The maximum Gasteiger partial charge on any atom is 0.542 e. The molecular weight excluding hydrogens is 122 g/mol. The Bertz CT molecular complexity index is 73.3. The Morgan fingerprint density at radius 2 is 2.14 bits per heavy atom. The van der Waals surface area contributed by atoms with Crippen molar-refractivity contribution in [1.29, 1.82) is 0 Å². The highest BCUT2D eigenvalue weighted by Crippen LogP contribution is 2.15. The summed E-state index contributed by atoms with van der Waals surface area (Å²) in [5, 5.41) is -3.06. The van der Waals surface area contributed by atoms with Crippen molar-refractivity contribution in [1.82, 2.24) is 0 Å². The minimum Gasteiger partial charge on any atom is -0.142 e. The number of alkyl halides is 2. The second-order valence-electron chi connectivity index (χ2n) is 1.07. The quantitative estimate of drug-likeness (QED) is 0.512. The third-order valence-electron chi connectivity index (χ3n) is 0.534. The lowest BCUT2D eigenvalue weighted by Crippen LogP contribution is -2.10. The number of halogens is 2. The number of rotatable bonds is 2. The second kappa shape index (κ2) is 2.26. The van der Waals surface area contributed by atoms with Gasteiger partial charge in [-0.25, -0.2) is 0 Å². The molecule has 0 unspecified atom stereocenters. The molecule has 0 aliphatic heterocycles. The van der Waals surface area contributed by atoms with E-state index in [1.807, 2.05) is 0 Å². The molecule has 7 heavy (non-hydrogen) atoms. The zero-order chi connectivity index (χ0) is 5.91. The van der Waals surface area contributed by atoms with Crippen molar-refractivity contribution in [3.05, 3.63) is 0 Å². The largest absolute Gasteiger partial charge is 0.542 e. The summed E-state index contributed by atoms with van der Waals surface area (Å²) in [5.41, 5.74) is 0. The Morgan fingerprint density at radius 1 is 1.71 bits per heavy atom. The number of hydrogen-bond acceptors (Lipinski definition) is 1. The van der Waals surface area contributed by atoms with Crippen LogP contribution in [-0.2, 0) is 15.9 Å². The van der Waals surface area contributed by atoms with Gasteiger partial charge in [-0.05, 0) is 0 Å². The van der Waals surface area contributed by atoms with Gasteiger partial charge in [0.2, 0.25) is 0 Å². The Labute approximate surface area is 44.2 Å². The van der Waals surface area contributed by atoms with E-state index < -0.39 is 16.9 Å². The lowest BCUT2D eigenvalue weighted by Gasteiger charge is -1.85. The number of hydrogen-bond donors (Lipinski definition) is 0. The predicted molar refractivity (Wildman–Crippen MR) is 23.3 cm³/mol. The summed E-state index contributed by atoms with van der Waals surface area (Å²) in [6, 6.07) is 0. The minimum absolute atomic E-state index is 0.388. The van der Waals surface area contributed by atoms with Crippen molar-refractivity contribution >= 4 is 11.7 Å². The molecule has 42 valence electrons. The molecule has 0 aromatic carbocycles. The zero-order valence-electron chi connectivity index (χ0n) is 3.78. The Kier molecular flexibility index (Phi) is 2.22. The molecule has 0 aliphatic carbocycles. The van der Waals surface area contributed by atoms with Crippen molar-refractivity contribution < 1.29 is 13.0 Å². The van der Waals surface area contributed by atoms with Crippen molar-refractivity contribution in [2.24, 2.45) is 0 Å². The molecule has 0 atom stereocenters. The van der Waals surface area contributed by atoms with Gasteiger partial charge in [0.15, 0.2) is 0 Å². The fourth-order valence-electron chi connectivity index (χ4n) is 0.0589. The summed E-state index contributed by atoms with van der Waals surface area (Å²) in [6.07, 6.45) is -0.388. The predicted octanol–water partition coefficient (Wildman–Crippen LogP) is 1.42. The maximum atomic E-state index is 11.5. The van der Waals surface area contributed by atoms with Crippen LogP contribution in [0.15, 0.2) is 0 Å². The van der Waals surface area contributed by atoms with Crippen LogP contribution in [0.5, 0.6) is 0 Å². The lowest BCUT2D eigenvalue weighted by molar-refractivity contribution is 0.0974. The van der Waals surface area contributed by atoms with Crippen LogP contribution in [0.1, 0.15) is 13.3 Å². The van der Waals surface area contributed by atoms with Gasteiger partial charge < -0.3 is 0 Å². The van der Waals surface area contributed by atoms with Crippen LogP contribution in [-0.4, -0.2) is 5.25 Å². The summed E-state index contributed by atoms with van der Waals surface area (Å²) in [6.45, 7) is 1.27. The van der Waals surface area contributed by atoms with E-state index in [0.29, 0.717) is 0 Å². The normalized spacial score (nSPS) is 11.3. The van der Waals surface area contributed by atoms with Crippen LogP contribution in [0.25, 0.3) is 0 Å². The average Bonchev–Trinajstić information content (AvgIpc) is 1.68. The van der Waals surface area contributed by atoms with E-state index in [2.05, 4.69) is 0 Å². The van der Waals surface area contributed by atoms with Gasteiger partial charge in [-0.1, -0.05) is 6.92 Å². The molecule has 0 rings (SSSR count). The van der Waals surface area contributed by atoms with Gasteiger partial charge in [-0.3, -0.25) is 0 Å². The Balaban J connectivity index is 3.58. The summed E-state index contributed by atoms with van der Waals surface area (Å²) < 4.78 is 32.4. The molecule has 4 heteroatoms. The molecule has 0 saturated carbocycles. The molecule has 1 nitrogen and oxygen atoms in total. The van der Waals surface area contributed by atoms with E-state index in [-0.39, 0.29) is 6.42 Å². The van der Waals surface area contributed by atoms with E-state index in [1.54, 1.807) is 0 Å². The third kappa shape index (κ3) is 2.56. The van der Waals surface area contributed by atoms with Gasteiger partial charge in [0.05, 0.1) is 6.42 Å². The van der Waals surface area contributed by atoms with Gasteiger partial charge in [-0.2, -0.15) is 0 Å². The Morgan fingerprint density at radius 3 is 2.14 bits per heavy atom. The van der Waals surface area contributed by atoms with Gasteiger partial charge in [0.25, 0.3) is 0 Å². The molecule has 0 fully saturated rings. The van der Waals surface area contributed by atoms with E-state index in [1.165, 1.54) is 6.92 Å². The molecule has 0 aliphatic rings. The van der Waals surface area contributed by atoms with Crippen LogP contribution >= 0.6 is 0 Å². The smallest absolute Gasteiger partial charge is 0.142 e. The molecule has 0 bridgehead atoms. The van der Waals surface area contributed by atoms with Gasteiger partial charge in [0, 0.05) is 4.21 Å². The Hall–Kier alpha value is -0.120. The van der Waals surface area contributed by atoms with Gasteiger partial charge in [0.1, 0.15) is 0 Å². The van der Waals surface area contributed by atoms with Crippen LogP contribution in [0, 0.1) is 0 Å². The average molecular weight is 127 g/mol. The first-order chi connectivity index (χ1) is 3.12. The fraction of sp³-hybridized carbons (Fsp3) is 1.00. The standard InChI is InChI=1S/C3H5F2OS/c1-2-3(4,5)7-6/h2H2,1H3/q+1. The monoisotopic (exact) mass is 127 g/mol. The zero-order valence-corrected chi connectivity index (χ0v) is 4.60. The van der Waals surface area contributed by atoms with Crippen molar-refractivity contribution in [2.45, 2.75) is 18.6 Å². The molecule has 0 spiro atoms. The van der Waals surface area contributed by atoms with E-state index in [4.69, 9.17) is 0 Å². The molecule has 0 saturated heterocycles. The van der Waals surface area contributed by atoms with E-state index >= 15 is 0 Å². The molecular formula is C3H5F2OS+. The highest BCUT2D eigenvalue weighted by atomic mass is 32.1.